The standard InChI is InChI=1S/C20H15N5O2/c1-24(12-14-6-4-5-13(9-14)10-21)20(27)16-11-22-25-17-8-3-2-7-15(17)19(26)23-18(16)25/h2-9,11H,12H2,1H3,(H,23,26). The number of nitrogens with one attached hydrogen (secondary N) is 1. The van der Waals surface area contributed by atoms with Gasteiger partial charge in [0.1, 0.15) is 11.2 Å². The van der Waals surface area contributed by atoms with E-state index in [1.54, 1.807) is 48.0 Å². The van der Waals surface area contributed by atoms with Crippen LogP contribution >= 0.6 is 0 Å². The van der Waals surface area contributed by atoms with Crippen LogP contribution < -0.4 is 5.56 Å². The van der Waals surface area contributed by atoms with Crippen molar-refractivity contribution >= 4 is 22.5 Å². The topological polar surface area (TPSA) is 94.3 Å². The predicted molar refractivity (Wildman–Crippen MR) is 100 cm³/mol. The van der Waals surface area contributed by atoms with Gasteiger partial charge in [0.2, 0.25) is 0 Å². The number of amides is 1. The molecule has 0 unspecified atom stereocenters. The number of nitrogens with zero attached hydrogens (tertiary/aromatic N) is 4. The van der Waals surface area contributed by atoms with Crippen LogP contribution in [0.4, 0.5) is 0 Å². The maximum absolute atomic E-state index is 12.9. The normalized spacial score (nSPS) is 10.8. The summed E-state index contributed by atoms with van der Waals surface area (Å²) in [4.78, 5) is 29.5. The van der Waals surface area contributed by atoms with E-state index in [2.05, 4.69) is 16.2 Å². The van der Waals surface area contributed by atoms with Gasteiger partial charge in [0.05, 0.1) is 28.7 Å². The summed E-state index contributed by atoms with van der Waals surface area (Å²) < 4.78 is 1.56. The Kier molecular flexibility index (Phi) is 3.94. The van der Waals surface area contributed by atoms with Gasteiger partial charge >= 0.3 is 0 Å². The van der Waals surface area contributed by atoms with Crippen LogP contribution in [0.1, 0.15) is 21.5 Å². The van der Waals surface area contributed by atoms with Crippen LogP contribution in [0, 0.1) is 11.3 Å². The molecule has 1 amide bonds. The van der Waals surface area contributed by atoms with Crippen molar-refractivity contribution in [3.8, 4) is 6.07 Å². The van der Waals surface area contributed by atoms with Crippen molar-refractivity contribution in [2.24, 2.45) is 0 Å². The summed E-state index contributed by atoms with van der Waals surface area (Å²) in [6.45, 7) is 0.337. The Morgan fingerprint density at radius 3 is 2.89 bits per heavy atom. The summed E-state index contributed by atoms with van der Waals surface area (Å²) in [6.07, 6.45) is 1.46. The highest BCUT2D eigenvalue weighted by Gasteiger charge is 2.19. The molecule has 0 radical (unpaired) electrons. The van der Waals surface area contributed by atoms with Crippen LogP contribution in [0.15, 0.2) is 59.5 Å². The Morgan fingerprint density at radius 1 is 1.26 bits per heavy atom. The molecule has 27 heavy (non-hydrogen) atoms. The molecular formula is C20H15N5O2. The van der Waals surface area contributed by atoms with Gasteiger partial charge in [-0.25, -0.2) is 4.52 Å². The SMILES string of the molecule is CN(Cc1cccc(C#N)c1)C(=O)c1cnn2c1[nH]c(=O)c1ccccc12. The van der Waals surface area contributed by atoms with Gasteiger partial charge in [-0.3, -0.25) is 9.59 Å². The molecule has 0 aliphatic carbocycles. The second-order valence-corrected chi connectivity index (χ2v) is 6.26. The van der Waals surface area contributed by atoms with Crippen molar-refractivity contribution in [1.82, 2.24) is 19.5 Å². The highest BCUT2D eigenvalue weighted by atomic mass is 16.2. The van der Waals surface area contributed by atoms with Gasteiger partial charge in [0.15, 0.2) is 0 Å². The lowest BCUT2D eigenvalue weighted by atomic mass is 10.1. The maximum Gasteiger partial charge on any atom is 0.259 e. The summed E-state index contributed by atoms with van der Waals surface area (Å²) in [6, 6.07) is 16.3. The van der Waals surface area contributed by atoms with Gasteiger partial charge in [-0.05, 0) is 29.8 Å². The molecule has 0 atom stereocenters. The lowest BCUT2D eigenvalue weighted by molar-refractivity contribution is 0.0787. The molecule has 7 nitrogen and oxygen atoms in total. The van der Waals surface area contributed by atoms with Crippen LogP contribution in [-0.2, 0) is 6.54 Å². The molecule has 2 aromatic heterocycles. The first kappa shape index (κ1) is 16.5. The first-order valence-corrected chi connectivity index (χ1v) is 8.32. The average molecular weight is 357 g/mol. The Labute approximate surface area is 154 Å². The summed E-state index contributed by atoms with van der Waals surface area (Å²) in [7, 11) is 1.67. The van der Waals surface area contributed by atoms with Gasteiger partial charge in [-0.15, -0.1) is 0 Å². The number of aromatic nitrogens is 3. The number of benzene rings is 2. The van der Waals surface area contributed by atoms with E-state index in [0.29, 0.717) is 34.2 Å². The molecule has 0 aliphatic heterocycles. The van der Waals surface area contributed by atoms with E-state index in [4.69, 9.17) is 5.26 Å². The summed E-state index contributed by atoms with van der Waals surface area (Å²) in [5.74, 6) is -0.265. The Balaban J connectivity index is 1.72. The van der Waals surface area contributed by atoms with Gasteiger partial charge < -0.3 is 9.88 Å². The monoisotopic (exact) mass is 357 g/mol. The summed E-state index contributed by atoms with van der Waals surface area (Å²) >= 11 is 0. The first-order valence-electron chi connectivity index (χ1n) is 8.32. The molecule has 0 spiro atoms. The predicted octanol–water partition coefficient (Wildman–Crippen LogP) is 2.32. The third-order valence-electron chi connectivity index (χ3n) is 4.43. The highest BCUT2D eigenvalue weighted by molar-refractivity contribution is 6.00. The van der Waals surface area contributed by atoms with E-state index in [9.17, 15) is 9.59 Å². The third kappa shape index (κ3) is 2.83. The van der Waals surface area contributed by atoms with E-state index in [-0.39, 0.29) is 11.5 Å². The molecule has 1 N–H and O–H groups in total. The first-order chi connectivity index (χ1) is 13.1. The smallest absolute Gasteiger partial charge is 0.259 e. The molecule has 0 fully saturated rings. The van der Waals surface area contributed by atoms with E-state index >= 15 is 0 Å². The van der Waals surface area contributed by atoms with Crippen LogP contribution in [0.25, 0.3) is 16.6 Å². The molecule has 2 aromatic carbocycles. The Hall–Kier alpha value is -3.92. The number of hydrogen-bond acceptors (Lipinski definition) is 4. The molecular weight excluding hydrogens is 342 g/mol. The zero-order valence-corrected chi connectivity index (χ0v) is 14.5. The van der Waals surface area contributed by atoms with Gasteiger partial charge in [-0.1, -0.05) is 24.3 Å². The van der Waals surface area contributed by atoms with Crippen LogP contribution in [-0.4, -0.2) is 32.5 Å². The number of carbonyl (C=O) groups is 1. The fourth-order valence-corrected chi connectivity index (χ4v) is 3.12. The Morgan fingerprint density at radius 2 is 2.07 bits per heavy atom. The van der Waals surface area contributed by atoms with Crippen LogP contribution in [0.3, 0.4) is 0 Å². The minimum atomic E-state index is -0.267. The van der Waals surface area contributed by atoms with Crippen LogP contribution in [0.5, 0.6) is 0 Å². The number of hydrogen-bond donors (Lipinski definition) is 1. The number of carbonyl (C=O) groups excluding carboxylic acids is 1. The van der Waals surface area contributed by atoms with Crippen molar-refractivity contribution in [3.05, 3.63) is 81.8 Å². The zero-order valence-electron chi connectivity index (χ0n) is 14.5. The average Bonchev–Trinajstić information content (AvgIpc) is 3.11. The van der Waals surface area contributed by atoms with Crippen LogP contribution in [0.2, 0.25) is 0 Å². The van der Waals surface area contributed by atoms with Crippen molar-refractivity contribution in [2.75, 3.05) is 7.05 Å². The van der Waals surface area contributed by atoms with E-state index in [0.717, 1.165) is 5.56 Å². The molecule has 4 rings (SSSR count). The minimum absolute atomic E-state index is 0.265. The summed E-state index contributed by atoms with van der Waals surface area (Å²) in [5.41, 5.74) is 2.44. The third-order valence-corrected chi connectivity index (χ3v) is 4.43. The second kappa shape index (κ2) is 6.42. The van der Waals surface area contributed by atoms with E-state index in [1.165, 1.54) is 11.1 Å². The van der Waals surface area contributed by atoms with E-state index < -0.39 is 0 Å². The maximum atomic E-state index is 12.9. The molecule has 7 heteroatoms. The fraction of sp³-hybridized carbons (Fsp3) is 0.100. The lowest BCUT2D eigenvalue weighted by Gasteiger charge is -2.16. The molecule has 4 aromatic rings. The summed E-state index contributed by atoms with van der Waals surface area (Å²) in [5, 5.41) is 13.8. The second-order valence-electron chi connectivity index (χ2n) is 6.26. The van der Waals surface area contributed by atoms with Crippen molar-refractivity contribution < 1.29 is 4.79 Å². The number of para-hydroxylation sites is 1. The largest absolute Gasteiger partial charge is 0.337 e. The number of nitriles is 1. The number of aromatic amines is 1. The Bertz CT molecular complexity index is 1280. The molecule has 132 valence electrons. The van der Waals surface area contributed by atoms with Crippen molar-refractivity contribution in [1.29, 1.82) is 5.26 Å². The molecule has 2 heterocycles. The van der Waals surface area contributed by atoms with Crippen molar-refractivity contribution in [2.45, 2.75) is 6.54 Å². The lowest BCUT2D eigenvalue weighted by Crippen LogP contribution is -2.26. The number of rotatable bonds is 3. The molecule has 0 aliphatic rings. The van der Waals surface area contributed by atoms with Crippen molar-refractivity contribution in [3.63, 3.8) is 0 Å². The van der Waals surface area contributed by atoms with Gasteiger partial charge in [-0.2, -0.15) is 10.4 Å². The molecule has 0 bridgehead atoms. The minimum Gasteiger partial charge on any atom is -0.337 e. The number of H-pyrrole nitrogens is 1. The number of fused-ring (bicyclic) bond motifs is 3. The molecule has 0 saturated heterocycles. The quantitative estimate of drug-likeness (QED) is 0.609. The van der Waals surface area contributed by atoms with Gasteiger partial charge in [0.25, 0.3) is 11.5 Å². The zero-order chi connectivity index (χ0) is 19.0. The van der Waals surface area contributed by atoms with Gasteiger partial charge in [0, 0.05) is 13.6 Å². The highest BCUT2D eigenvalue weighted by Crippen LogP contribution is 2.16. The van der Waals surface area contributed by atoms with E-state index in [1.807, 2.05) is 12.1 Å². The fourth-order valence-electron chi connectivity index (χ4n) is 3.12. The molecule has 0 saturated carbocycles.